The molecular weight excluding hydrogens is 182 g/mol. The number of aromatic nitrogens is 1. The van der Waals surface area contributed by atoms with E-state index in [1.165, 1.54) is 6.92 Å². The van der Waals surface area contributed by atoms with Gasteiger partial charge in [0, 0.05) is 6.92 Å². The van der Waals surface area contributed by atoms with E-state index >= 15 is 0 Å². The van der Waals surface area contributed by atoms with Crippen LogP contribution >= 0.6 is 11.3 Å². The number of thiazole rings is 1. The van der Waals surface area contributed by atoms with Crippen molar-refractivity contribution in [3.63, 3.8) is 0 Å². The molecule has 6 heteroatoms. The van der Waals surface area contributed by atoms with Crippen molar-refractivity contribution in [3.05, 3.63) is 20.2 Å². The maximum atomic E-state index is 10.8. The number of H-pyrrole nitrogens is 1. The molecule has 12 heavy (non-hydrogen) atoms. The first kappa shape index (κ1) is 8.66. The van der Waals surface area contributed by atoms with Crippen LogP contribution in [0.25, 0.3) is 0 Å². The largest absolute Gasteiger partial charge is 0.477 e. The van der Waals surface area contributed by atoms with E-state index in [2.05, 4.69) is 4.98 Å². The molecular formula is C6H5NO4S. The van der Waals surface area contributed by atoms with Crippen LogP contribution in [0.2, 0.25) is 0 Å². The molecule has 2 N–H and O–H groups in total. The number of aromatic amines is 1. The lowest BCUT2D eigenvalue weighted by Gasteiger charge is -1.89. The first-order chi connectivity index (χ1) is 5.52. The van der Waals surface area contributed by atoms with E-state index in [0.29, 0.717) is 11.3 Å². The number of Topliss-reactive ketones (excluding diaryl/α,β-unsaturated/α-hetero) is 1. The van der Waals surface area contributed by atoms with Gasteiger partial charge < -0.3 is 10.1 Å². The van der Waals surface area contributed by atoms with Crippen molar-refractivity contribution in [2.75, 3.05) is 0 Å². The van der Waals surface area contributed by atoms with Crippen LogP contribution in [-0.4, -0.2) is 21.8 Å². The van der Waals surface area contributed by atoms with E-state index in [1.807, 2.05) is 0 Å². The second-order valence-corrected chi connectivity index (χ2v) is 3.06. The standard InChI is InChI=1S/C6H5NO4S/c1-2(8)4-3(5(9)10)7-6(11)12-4/h1H3,(H,7,11)(H,9,10). The van der Waals surface area contributed by atoms with Crippen LogP contribution in [0.15, 0.2) is 4.79 Å². The Morgan fingerprint density at radius 2 is 2.08 bits per heavy atom. The molecule has 0 amide bonds. The quantitative estimate of drug-likeness (QED) is 0.653. The summed E-state index contributed by atoms with van der Waals surface area (Å²) in [5.74, 6) is -1.71. The molecule has 1 heterocycles. The summed E-state index contributed by atoms with van der Waals surface area (Å²) in [5.41, 5.74) is -0.322. The Hall–Kier alpha value is -1.43. The van der Waals surface area contributed by atoms with Crippen LogP contribution in [0.3, 0.4) is 0 Å². The zero-order valence-corrected chi connectivity index (χ0v) is 6.90. The summed E-state index contributed by atoms with van der Waals surface area (Å²) in [7, 11) is 0. The second-order valence-electron chi connectivity index (χ2n) is 2.08. The van der Waals surface area contributed by atoms with E-state index < -0.39 is 16.6 Å². The van der Waals surface area contributed by atoms with E-state index in [4.69, 9.17) is 5.11 Å². The molecule has 0 bridgehead atoms. The van der Waals surface area contributed by atoms with Crippen LogP contribution in [0.5, 0.6) is 0 Å². The lowest BCUT2D eigenvalue weighted by Crippen LogP contribution is -2.05. The lowest BCUT2D eigenvalue weighted by atomic mass is 10.3. The summed E-state index contributed by atoms with van der Waals surface area (Å²) in [6, 6.07) is 0. The zero-order chi connectivity index (χ0) is 9.30. The highest BCUT2D eigenvalue weighted by Crippen LogP contribution is 2.09. The number of carboxylic acids is 1. The Labute approximate surface area is 70.7 Å². The fourth-order valence-electron chi connectivity index (χ4n) is 0.727. The number of aromatic carboxylic acids is 1. The minimum absolute atomic E-state index is 0.0347. The number of rotatable bonds is 2. The Morgan fingerprint density at radius 1 is 1.50 bits per heavy atom. The van der Waals surface area contributed by atoms with Gasteiger partial charge in [-0.15, -0.1) is 0 Å². The molecule has 0 saturated heterocycles. The molecule has 0 fully saturated rings. The highest BCUT2D eigenvalue weighted by atomic mass is 32.1. The number of carbonyl (C=O) groups is 2. The fourth-order valence-corrected chi connectivity index (χ4v) is 1.45. The topological polar surface area (TPSA) is 87.2 Å². The third kappa shape index (κ3) is 1.42. The SMILES string of the molecule is CC(=O)c1sc(=O)[nH]c1C(=O)O. The molecule has 0 spiro atoms. The molecule has 1 aromatic heterocycles. The average Bonchev–Trinajstić information content (AvgIpc) is 2.31. The maximum absolute atomic E-state index is 10.8. The van der Waals surface area contributed by atoms with Gasteiger partial charge in [0.2, 0.25) is 0 Å². The molecule has 5 nitrogen and oxygen atoms in total. The summed E-state index contributed by atoms with van der Waals surface area (Å²) >= 11 is 0.609. The van der Waals surface area contributed by atoms with Crippen molar-refractivity contribution in [1.29, 1.82) is 0 Å². The van der Waals surface area contributed by atoms with Gasteiger partial charge in [-0.3, -0.25) is 9.59 Å². The minimum atomic E-state index is -1.29. The van der Waals surface area contributed by atoms with Crippen molar-refractivity contribution >= 4 is 23.1 Å². The summed E-state index contributed by atoms with van der Waals surface area (Å²) in [6.45, 7) is 1.21. The van der Waals surface area contributed by atoms with Crippen molar-refractivity contribution in [2.45, 2.75) is 6.92 Å². The number of nitrogens with one attached hydrogen (secondary N) is 1. The predicted octanol–water partition coefficient (Wildman–Crippen LogP) is 0.337. The Kier molecular flexibility index (Phi) is 2.09. The van der Waals surface area contributed by atoms with Crippen molar-refractivity contribution in [3.8, 4) is 0 Å². The first-order valence-electron chi connectivity index (χ1n) is 2.99. The smallest absolute Gasteiger partial charge is 0.354 e. The van der Waals surface area contributed by atoms with Crippen LogP contribution in [0, 0.1) is 0 Å². The van der Waals surface area contributed by atoms with Crippen LogP contribution in [0.4, 0.5) is 0 Å². The maximum Gasteiger partial charge on any atom is 0.354 e. The van der Waals surface area contributed by atoms with Gasteiger partial charge in [0.25, 0.3) is 0 Å². The number of hydrogen-bond acceptors (Lipinski definition) is 4. The van der Waals surface area contributed by atoms with Crippen LogP contribution < -0.4 is 4.87 Å². The molecule has 0 aliphatic heterocycles. The number of hydrogen-bond donors (Lipinski definition) is 2. The predicted molar refractivity (Wildman–Crippen MR) is 41.9 cm³/mol. The van der Waals surface area contributed by atoms with Gasteiger partial charge >= 0.3 is 10.8 Å². The minimum Gasteiger partial charge on any atom is -0.477 e. The highest BCUT2D eigenvalue weighted by molar-refractivity contribution is 7.11. The summed E-state index contributed by atoms with van der Waals surface area (Å²) < 4.78 is 0. The molecule has 0 unspecified atom stereocenters. The van der Waals surface area contributed by atoms with E-state index in [1.54, 1.807) is 0 Å². The molecule has 0 aliphatic rings. The monoisotopic (exact) mass is 187 g/mol. The molecule has 0 atom stereocenters. The van der Waals surface area contributed by atoms with E-state index in [0.717, 1.165) is 0 Å². The molecule has 64 valence electrons. The average molecular weight is 187 g/mol. The normalized spacial score (nSPS) is 9.75. The molecule has 0 aromatic carbocycles. The first-order valence-corrected chi connectivity index (χ1v) is 3.81. The number of carboxylic acid groups (broad SMARTS) is 1. The molecule has 0 radical (unpaired) electrons. The third-order valence-corrected chi connectivity index (χ3v) is 2.17. The summed E-state index contributed by atoms with van der Waals surface area (Å²) in [4.78, 5) is 33.4. The van der Waals surface area contributed by atoms with Crippen molar-refractivity contribution in [2.24, 2.45) is 0 Å². The van der Waals surface area contributed by atoms with Gasteiger partial charge in [-0.2, -0.15) is 0 Å². The highest BCUT2D eigenvalue weighted by Gasteiger charge is 2.17. The van der Waals surface area contributed by atoms with Gasteiger partial charge in [-0.1, -0.05) is 11.3 Å². The number of ketones is 1. The fraction of sp³-hybridized carbons (Fsp3) is 0.167. The zero-order valence-electron chi connectivity index (χ0n) is 6.08. The Bertz CT molecular complexity index is 354. The van der Waals surface area contributed by atoms with Crippen LogP contribution in [0.1, 0.15) is 27.1 Å². The lowest BCUT2D eigenvalue weighted by molar-refractivity contribution is 0.0687. The summed E-state index contributed by atoms with van der Waals surface area (Å²) in [5, 5.41) is 8.51. The van der Waals surface area contributed by atoms with Crippen molar-refractivity contribution < 1.29 is 14.7 Å². The molecule has 1 rings (SSSR count). The van der Waals surface area contributed by atoms with E-state index in [-0.39, 0.29) is 10.6 Å². The Balaban J connectivity index is 3.36. The van der Waals surface area contributed by atoms with Crippen LogP contribution in [-0.2, 0) is 0 Å². The second kappa shape index (κ2) is 2.90. The van der Waals surface area contributed by atoms with Gasteiger partial charge in [0.05, 0.1) is 0 Å². The Morgan fingerprint density at radius 3 is 2.42 bits per heavy atom. The van der Waals surface area contributed by atoms with E-state index in [9.17, 15) is 14.4 Å². The number of carbonyl (C=O) groups excluding carboxylic acids is 1. The van der Waals surface area contributed by atoms with Gasteiger partial charge in [0.15, 0.2) is 5.78 Å². The molecule has 1 aromatic rings. The van der Waals surface area contributed by atoms with Crippen molar-refractivity contribution in [1.82, 2.24) is 4.98 Å². The summed E-state index contributed by atoms with van der Waals surface area (Å²) in [6.07, 6.45) is 0. The third-order valence-electron chi connectivity index (χ3n) is 1.18. The van der Waals surface area contributed by atoms with Gasteiger partial charge in [0.1, 0.15) is 10.6 Å². The van der Waals surface area contributed by atoms with Gasteiger partial charge in [-0.25, -0.2) is 4.79 Å². The molecule has 0 saturated carbocycles. The molecule has 0 aliphatic carbocycles. The van der Waals surface area contributed by atoms with Gasteiger partial charge in [-0.05, 0) is 0 Å².